The maximum absolute atomic E-state index is 13.7. The fourth-order valence-electron chi connectivity index (χ4n) is 1.86. The molecule has 0 unspecified atom stereocenters. The third kappa shape index (κ3) is 3.46. The highest BCUT2D eigenvalue weighted by molar-refractivity contribution is 7.91. The van der Waals surface area contributed by atoms with Gasteiger partial charge in [-0.3, -0.25) is 0 Å². The molecule has 1 aromatic carbocycles. The minimum atomic E-state index is -3.63. The van der Waals surface area contributed by atoms with Gasteiger partial charge in [0.05, 0.1) is 12.1 Å². The van der Waals surface area contributed by atoms with Gasteiger partial charge in [0, 0.05) is 4.88 Å². The Labute approximate surface area is 136 Å². The van der Waals surface area contributed by atoms with Gasteiger partial charge in [-0.1, -0.05) is 17.3 Å². The summed E-state index contributed by atoms with van der Waals surface area (Å²) in [4.78, 5) is 4.90. The summed E-state index contributed by atoms with van der Waals surface area (Å²) >= 11 is 1.17. The van der Waals surface area contributed by atoms with Crippen LogP contribution < -0.4 is 4.72 Å². The smallest absolute Gasteiger partial charge is 0.250 e. The number of nitrogens with one attached hydrogen (secondary N) is 1. The zero-order valence-corrected chi connectivity index (χ0v) is 13.6. The van der Waals surface area contributed by atoms with Crippen molar-refractivity contribution in [2.24, 2.45) is 0 Å². The van der Waals surface area contributed by atoms with Gasteiger partial charge in [-0.15, -0.1) is 11.3 Å². The van der Waals surface area contributed by atoms with E-state index in [9.17, 15) is 12.8 Å². The zero-order valence-electron chi connectivity index (χ0n) is 12.0. The third-order valence-corrected chi connectivity index (χ3v) is 5.87. The van der Waals surface area contributed by atoms with E-state index in [-0.39, 0.29) is 28.0 Å². The summed E-state index contributed by atoms with van der Waals surface area (Å²) in [5.41, 5.74) is 0.194. The molecular weight excluding hydrogens is 341 g/mol. The van der Waals surface area contributed by atoms with E-state index < -0.39 is 15.8 Å². The molecule has 0 fully saturated rings. The van der Waals surface area contributed by atoms with E-state index in [4.69, 9.17) is 4.52 Å². The summed E-state index contributed by atoms with van der Waals surface area (Å²) in [5, 5.41) is 3.67. The van der Waals surface area contributed by atoms with Crippen molar-refractivity contribution in [2.45, 2.75) is 17.7 Å². The van der Waals surface area contributed by atoms with Crippen LogP contribution in [0.5, 0.6) is 0 Å². The normalized spacial score (nSPS) is 11.7. The van der Waals surface area contributed by atoms with Crippen molar-refractivity contribution in [3.63, 3.8) is 0 Å². The van der Waals surface area contributed by atoms with Gasteiger partial charge >= 0.3 is 0 Å². The predicted molar refractivity (Wildman–Crippen MR) is 82.8 cm³/mol. The first-order chi connectivity index (χ1) is 11.0. The van der Waals surface area contributed by atoms with Gasteiger partial charge in [-0.2, -0.15) is 4.98 Å². The molecule has 0 radical (unpaired) electrons. The van der Waals surface area contributed by atoms with Crippen LogP contribution in [0.25, 0.3) is 11.4 Å². The lowest BCUT2D eigenvalue weighted by Gasteiger charge is -2.00. The molecule has 0 amide bonds. The number of benzene rings is 1. The molecule has 0 aliphatic rings. The maximum Gasteiger partial charge on any atom is 0.250 e. The summed E-state index contributed by atoms with van der Waals surface area (Å²) in [6, 6.07) is 9.26. The van der Waals surface area contributed by atoms with Gasteiger partial charge in [0.2, 0.25) is 11.7 Å². The largest absolute Gasteiger partial charge is 0.338 e. The first-order valence-corrected chi connectivity index (χ1v) is 8.89. The molecule has 2 heterocycles. The van der Waals surface area contributed by atoms with Gasteiger partial charge in [0.1, 0.15) is 10.0 Å². The van der Waals surface area contributed by atoms with Crippen LogP contribution in [0.4, 0.5) is 4.39 Å². The summed E-state index contributed by atoms with van der Waals surface area (Å²) in [6.07, 6.45) is 0. The van der Waals surface area contributed by atoms with Crippen LogP contribution in [0.3, 0.4) is 0 Å². The lowest BCUT2D eigenvalue weighted by atomic mass is 10.2. The van der Waals surface area contributed by atoms with Crippen LogP contribution in [-0.4, -0.2) is 18.6 Å². The average molecular weight is 353 g/mol. The number of rotatable bonds is 5. The molecule has 0 aliphatic heterocycles. The monoisotopic (exact) mass is 353 g/mol. The lowest BCUT2D eigenvalue weighted by molar-refractivity contribution is 0.375. The van der Waals surface area contributed by atoms with E-state index in [1.165, 1.54) is 29.5 Å². The first-order valence-electron chi connectivity index (χ1n) is 6.59. The fourth-order valence-corrected chi connectivity index (χ4v) is 4.17. The van der Waals surface area contributed by atoms with Crippen molar-refractivity contribution in [3.8, 4) is 11.4 Å². The van der Waals surface area contributed by atoms with E-state index in [0.717, 1.165) is 4.88 Å². The standard InChI is InChI=1S/C14H12FN3O3S2/c1-9-6-7-13(22-9)23(19,20)16-8-12-17-14(18-21-12)10-4-2-3-5-11(10)15/h2-7,16H,8H2,1H3. The Kier molecular flexibility index (Phi) is 4.24. The Morgan fingerprint density at radius 1 is 1.26 bits per heavy atom. The van der Waals surface area contributed by atoms with Crippen LogP contribution in [0, 0.1) is 12.7 Å². The quantitative estimate of drug-likeness (QED) is 0.762. The van der Waals surface area contributed by atoms with E-state index in [0.29, 0.717) is 0 Å². The minimum absolute atomic E-state index is 0.0557. The van der Waals surface area contributed by atoms with Gasteiger partial charge in [-0.25, -0.2) is 17.5 Å². The second-order valence-electron chi connectivity index (χ2n) is 4.68. The topological polar surface area (TPSA) is 85.1 Å². The summed E-state index contributed by atoms with van der Waals surface area (Å²) in [5.74, 6) is -0.348. The third-order valence-electron chi connectivity index (χ3n) is 2.98. The molecule has 23 heavy (non-hydrogen) atoms. The average Bonchev–Trinajstić information content (AvgIpc) is 3.15. The SMILES string of the molecule is Cc1ccc(S(=O)(=O)NCc2nc(-c3ccccc3F)no2)s1. The molecule has 0 saturated carbocycles. The summed E-state index contributed by atoms with van der Waals surface area (Å²) in [7, 11) is -3.63. The van der Waals surface area contributed by atoms with E-state index in [1.807, 2.05) is 6.92 Å². The summed E-state index contributed by atoms with van der Waals surface area (Å²) < 4.78 is 45.4. The Bertz CT molecular complexity index is 934. The highest BCUT2D eigenvalue weighted by Gasteiger charge is 2.18. The van der Waals surface area contributed by atoms with Gasteiger partial charge in [0.15, 0.2) is 0 Å². The van der Waals surface area contributed by atoms with Crippen LogP contribution >= 0.6 is 11.3 Å². The molecule has 0 aliphatic carbocycles. The lowest BCUT2D eigenvalue weighted by Crippen LogP contribution is -2.22. The van der Waals surface area contributed by atoms with Crippen molar-refractivity contribution in [3.05, 3.63) is 53.0 Å². The molecule has 0 bridgehead atoms. The minimum Gasteiger partial charge on any atom is -0.338 e. The highest BCUT2D eigenvalue weighted by atomic mass is 32.2. The Balaban J connectivity index is 1.74. The zero-order chi connectivity index (χ0) is 16.4. The van der Waals surface area contributed by atoms with Crippen LogP contribution in [-0.2, 0) is 16.6 Å². The van der Waals surface area contributed by atoms with Crippen molar-refractivity contribution in [1.29, 1.82) is 0 Å². The number of hydrogen-bond donors (Lipinski definition) is 1. The Hall–Kier alpha value is -2.10. The Morgan fingerprint density at radius 3 is 2.74 bits per heavy atom. The molecule has 6 nitrogen and oxygen atoms in total. The molecule has 0 spiro atoms. The highest BCUT2D eigenvalue weighted by Crippen LogP contribution is 2.21. The second kappa shape index (κ2) is 6.19. The van der Waals surface area contributed by atoms with Crippen molar-refractivity contribution in [1.82, 2.24) is 14.9 Å². The molecule has 3 aromatic rings. The number of thiophene rings is 1. The number of sulfonamides is 1. The molecule has 2 aromatic heterocycles. The molecule has 0 saturated heterocycles. The van der Waals surface area contributed by atoms with Crippen LogP contribution in [0.1, 0.15) is 10.8 Å². The predicted octanol–water partition coefficient (Wildman–Crippen LogP) is 2.72. The molecule has 9 heteroatoms. The molecular formula is C14H12FN3O3S2. The van der Waals surface area contributed by atoms with E-state index >= 15 is 0 Å². The van der Waals surface area contributed by atoms with Gasteiger partial charge in [-0.05, 0) is 31.2 Å². The van der Waals surface area contributed by atoms with Crippen molar-refractivity contribution < 1.29 is 17.3 Å². The number of aryl methyl sites for hydroxylation is 1. The number of aromatic nitrogens is 2. The molecule has 1 N–H and O–H groups in total. The molecule has 120 valence electrons. The number of halogens is 1. The first kappa shape index (κ1) is 15.8. The van der Waals surface area contributed by atoms with Crippen LogP contribution in [0.2, 0.25) is 0 Å². The van der Waals surface area contributed by atoms with E-state index in [1.54, 1.807) is 18.2 Å². The van der Waals surface area contributed by atoms with Crippen LogP contribution in [0.15, 0.2) is 45.1 Å². The van der Waals surface area contributed by atoms with E-state index in [2.05, 4.69) is 14.9 Å². The number of hydrogen-bond acceptors (Lipinski definition) is 6. The summed E-state index contributed by atoms with van der Waals surface area (Å²) in [6.45, 7) is 1.66. The number of nitrogens with zero attached hydrogens (tertiary/aromatic N) is 2. The fraction of sp³-hybridized carbons (Fsp3) is 0.143. The van der Waals surface area contributed by atoms with Crippen molar-refractivity contribution in [2.75, 3.05) is 0 Å². The van der Waals surface area contributed by atoms with Crippen molar-refractivity contribution >= 4 is 21.4 Å². The maximum atomic E-state index is 13.7. The van der Waals surface area contributed by atoms with Gasteiger partial charge < -0.3 is 4.52 Å². The molecule has 0 atom stereocenters. The second-order valence-corrected chi connectivity index (χ2v) is 7.96. The molecule has 3 rings (SSSR count). The van der Waals surface area contributed by atoms with Gasteiger partial charge in [0.25, 0.3) is 10.0 Å². The Morgan fingerprint density at radius 2 is 2.04 bits per heavy atom.